The summed E-state index contributed by atoms with van der Waals surface area (Å²) >= 11 is 0. The molecule has 186 valence electrons. The molecule has 1 fully saturated rings. The van der Waals surface area contributed by atoms with E-state index in [-0.39, 0.29) is 31.6 Å². The summed E-state index contributed by atoms with van der Waals surface area (Å²) in [7, 11) is -3.64. The molecule has 1 aliphatic rings. The van der Waals surface area contributed by atoms with E-state index in [1.165, 1.54) is 4.31 Å². The van der Waals surface area contributed by atoms with Crippen molar-refractivity contribution in [2.45, 2.75) is 59.0 Å². The summed E-state index contributed by atoms with van der Waals surface area (Å²) in [4.78, 5) is 17.6. The van der Waals surface area contributed by atoms with Gasteiger partial charge in [-0.3, -0.25) is 4.79 Å². The van der Waals surface area contributed by atoms with Crippen LogP contribution in [0.5, 0.6) is 0 Å². The Kier molecular flexibility index (Phi) is 7.15. The van der Waals surface area contributed by atoms with Crippen molar-refractivity contribution in [2.24, 2.45) is 5.92 Å². The summed E-state index contributed by atoms with van der Waals surface area (Å²) in [6, 6.07) is 11.6. The van der Waals surface area contributed by atoms with Gasteiger partial charge in [0, 0.05) is 18.7 Å². The van der Waals surface area contributed by atoms with Gasteiger partial charge in [-0.25, -0.2) is 13.4 Å². The second-order valence-corrected chi connectivity index (χ2v) is 11.1. The largest absolute Gasteiger partial charge is 0.459 e. The zero-order valence-electron chi connectivity index (χ0n) is 20.9. The number of nitrogens with zero attached hydrogens (tertiary/aromatic N) is 2. The smallest absolute Gasteiger partial charge is 0.309 e. The molecular weight excluding hydrogens is 464 g/mol. The van der Waals surface area contributed by atoms with Gasteiger partial charge in [-0.1, -0.05) is 24.3 Å². The van der Waals surface area contributed by atoms with E-state index in [2.05, 4.69) is 4.98 Å². The van der Waals surface area contributed by atoms with Gasteiger partial charge in [-0.15, -0.1) is 0 Å². The molecule has 0 spiro atoms. The van der Waals surface area contributed by atoms with Crippen LogP contribution in [0.4, 0.5) is 0 Å². The Hall–Kier alpha value is -2.97. The van der Waals surface area contributed by atoms with E-state index in [9.17, 15) is 13.2 Å². The number of carbonyl (C=O) groups is 1. The van der Waals surface area contributed by atoms with Crippen LogP contribution in [0.2, 0.25) is 0 Å². The summed E-state index contributed by atoms with van der Waals surface area (Å²) in [5.74, 6) is 0.426. The minimum atomic E-state index is -3.64. The van der Waals surface area contributed by atoms with Crippen molar-refractivity contribution in [3.05, 3.63) is 70.1 Å². The maximum Gasteiger partial charge on any atom is 0.309 e. The topological polar surface area (TPSA) is 89.7 Å². The number of benzene rings is 2. The SMILES string of the molecule is Cc1cc(C)c(C)c(S(=O)(=O)N2CCC(C(=O)OCc3nc(-c4ccccc4)oc3C)CC2)c1C. The van der Waals surface area contributed by atoms with E-state index in [0.717, 1.165) is 27.8 Å². The van der Waals surface area contributed by atoms with E-state index < -0.39 is 10.0 Å². The molecule has 0 saturated carbocycles. The quantitative estimate of drug-likeness (QED) is 0.445. The predicted molar refractivity (Wildman–Crippen MR) is 133 cm³/mol. The van der Waals surface area contributed by atoms with Crippen LogP contribution in [0.25, 0.3) is 11.5 Å². The lowest BCUT2D eigenvalue weighted by molar-refractivity contribution is -0.151. The number of carbonyl (C=O) groups excluding carboxylic acids is 1. The first-order valence-corrected chi connectivity index (χ1v) is 13.3. The maximum absolute atomic E-state index is 13.5. The average molecular weight is 497 g/mol. The molecule has 1 saturated heterocycles. The summed E-state index contributed by atoms with van der Waals surface area (Å²) in [5.41, 5.74) is 4.93. The van der Waals surface area contributed by atoms with Gasteiger partial charge in [0.25, 0.3) is 0 Å². The molecule has 0 atom stereocenters. The zero-order chi connectivity index (χ0) is 25.3. The van der Waals surface area contributed by atoms with Crippen LogP contribution in [0.15, 0.2) is 45.7 Å². The van der Waals surface area contributed by atoms with Crippen LogP contribution in [-0.4, -0.2) is 36.8 Å². The minimum absolute atomic E-state index is 0.0282. The van der Waals surface area contributed by atoms with Crippen LogP contribution in [0.3, 0.4) is 0 Å². The molecule has 0 unspecified atom stereocenters. The van der Waals surface area contributed by atoms with Crippen molar-refractivity contribution in [3.8, 4) is 11.5 Å². The Labute approximate surface area is 207 Å². The highest BCUT2D eigenvalue weighted by Crippen LogP contribution is 2.31. The summed E-state index contributed by atoms with van der Waals surface area (Å²) in [6.45, 7) is 9.97. The Balaban J connectivity index is 1.38. The molecule has 8 heteroatoms. The monoisotopic (exact) mass is 496 g/mol. The van der Waals surface area contributed by atoms with Crippen molar-refractivity contribution in [1.82, 2.24) is 9.29 Å². The minimum Gasteiger partial charge on any atom is -0.459 e. The van der Waals surface area contributed by atoms with E-state index in [4.69, 9.17) is 9.15 Å². The van der Waals surface area contributed by atoms with Crippen LogP contribution < -0.4 is 0 Å². The van der Waals surface area contributed by atoms with Crippen molar-refractivity contribution in [1.29, 1.82) is 0 Å². The van der Waals surface area contributed by atoms with E-state index in [1.807, 2.05) is 64.1 Å². The standard InChI is InChI=1S/C27H32N2O5S/c1-17-15-18(2)20(4)25(19(17)3)35(31,32)29-13-11-23(12-14-29)27(30)33-16-24-21(5)34-26(28-24)22-9-7-6-8-10-22/h6-10,15,23H,11-14,16H2,1-5H3. The van der Waals surface area contributed by atoms with Crippen LogP contribution in [-0.2, 0) is 26.2 Å². The first-order chi connectivity index (χ1) is 16.6. The maximum atomic E-state index is 13.5. The van der Waals surface area contributed by atoms with Crippen LogP contribution in [0.1, 0.15) is 46.5 Å². The van der Waals surface area contributed by atoms with Crippen molar-refractivity contribution in [3.63, 3.8) is 0 Å². The molecule has 0 amide bonds. The number of aryl methyl sites for hydroxylation is 3. The fraction of sp³-hybridized carbons (Fsp3) is 0.407. The molecular formula is C27H32N2O5S. The van der Waals surface area contributed by atoms with Gasteiger partial charge in [0.2, 0.25) is 15.9 Å². The Morgan fingerprint density at radius 2 is 1.63 bits per heavy atom. The first kappa shape index (κ1) is 25.1. The van der Waals surface area contributed by atoms with Gasteiger partial charge in [-0.2, -0.15) is 4.31 Å². The first-order valence-electron chi connectivity index (χ1n) is 11.9. The summed E-state index contributed by atoms with van der Waals surface area (Å²) < 4.78 is 39.7. The second kappa shape index (κ2) is 9.95. The highest BCUT2D eigenvalue weighted by atomic mass is 32.2. The Bertz CT molecular complexity index is 1310. The fourth-order valence-electron chi connectivity index (χ4n) is 4.55. The van der Waals surface area contributed by atoms with Gasteiger partial charge in [0.1, 0.15) is 18.1 Å². The van der Waals surface area contributed by atoms with Gasteiger partial charge in [0.05, 0.1) is 10.8 Å². The predicted octanol–water partition coefficient (Wildman–Crippen LogP) is 5.03. The van der Waals surface area contributed by atoms with Crippen molar-refractivity contribution in [2.75, 3.05) is 13.1 Å². The third kappa shape index (κ3) is 5.04. The number of hydrogen-bond acceptors (Lipinski definition) is 6. The fourth-order valence-corrected chi connectivity index (χ4v) is 6.60. The zero-order valence-corrected chi connectivity index (χ0v) is 21.7. The third-order valence-corrected chi connectivity index (χ3v) is 9.12. The summed E-state index contributed by atoms with van der Waals surface area (Å²) in [6.07, 6.45) is 0.849. The van der Waals surface area contributed by atoms with Crippen LogP contribution >= 0.6 is 0 Å². The van der Waals surface area contributed by atoms with Crippen molar-refractivity contribution < 1.29 is 22.4 Å². The highest BCUT2D eigenvalue weighted by Gasteiger charge is 2.35. The van der Waals surface area contributed by atoms with Gasteiger partial charge in [-0.05, 0) is 81.8 Å². The number of ether oxygens (including phenoxy) is 1. The number of sulfonamides is 1. The molecule has 0 bridgehead atoms. The number of aromatic nitrogens is 1. The molecule has 0 aliphatic carbocycles. The molecule has 4 rings (SSSR count). The molecule has 2 aromatic carbocycles. The molecule has 35 heavy (non-hydrogen) atoms. The second-order valence-electron chi connectivity index (χ2n) is 9.26. The molecule has 0 radical (unpaired) electrons. The lowest BCUT2D eigenvalue weighted by atomic mass is 9.98. The number of rotatable bonds is 6. The lowest BCUT2D eigenvalue weighted by Gasteiger charge is -2.31. The van der Waals surface area contributed by atoms with E-state index in [1.54, 1.807) is 6.92 Å². The number of esters is 1. The number of piperidine rings is 1. The Morgan fingerprint density at radius 3 is 2.23 bits per heavy atom. The molecule has 2 heterocycles. The average Bonchev–Trinajstić information content (AvgIpc) is 3.22. The molecule has 0 N–H and O–H groups in total. The molecule has 1 aliphatic heterocycles. The number of hydrogen-bond donors (Lipinski definition) is 0. The van der Waals surface area contributed by atoms with Gasteiger partial charge in [0.15, 0.2) is 0 Å². The Morgan fingerprint density at radius 1 is 1.03 bits per heavy atom. The van der Waals surface area contributed by atoms with Gasteiger partial charge < -0.3 is 9.15 Å². The van der Waals surface area contributed by atoms with Crippen LogP contribution in [0, 0.1) is 40.5 Å². The highest BCUT2D eigenvalue weighted by molar-refractivity contribution is 7.89. The lowest BCUT2D eigenvalue weighted by Crippen LogP contribution is -2.41. The van der Waals surface area contributed by atoms with E-state index in [0.29, 0.717) is 35.1 Å². The molecule has 1 aromatic heterocycles. The third-order valence-electron chi connectivity index (χ3n) is 6.95. The normalized spacial score (nSPS) is 15.3. The van der Waals surface area contributed by atoms with Gasteiger partial charge >= 0.3 is 5.97 Å². The molecule has 7 nitrogen and oxygen atoms in total. The van der Waals surface area contributed by atoms with E-state index >= 15 is 0 Å². The number of oxazole rings is 1. The summed E-state index contributed by atoms with van der Waals surface area (Å²) in [5, 5.41) is 0. The molecule has 3 aromatic rings. The van der Waals surface area contributed by atoms with Crippen molar-refractivity contribution >= 4 is 16.0 Å².